The first-order chi connectivity index (χ1) is 11.2. The smallest absolute Gasteiger partial charge is 0.189 e. The quantitative estimate of drug-likeness (QED) is 0.647. The lowest BCUT2D eigenvalue weighted by Gasteiger charge is -2.18. The van der Waals surface area contributed by atoms with Crippen LogP contribution in [0.3, 0.4) is 0 Å². The molecule has 0 saturated heterocycles. The predicted octanol–water partition coefficient (Wildman–Crippen LogP) is 3.47. The third-order valence-corrected chi connectivity index (χ3v) is 4.32. The van der Waals surface area contributed by atoms with Crippen molar-refractivity contribution in [2.75, 3.05) is 6.61 Å². The molecular formula is C19H16O4. The second-order valence-electron chi connectivity index (χ2n) is 5.86. The molecule has 1 heterocycles. The van der Waals surface area contributed by atoms with Gasteiger partial charge in [-0.1, -0.05) is 12.1 Å². The molecule has 0 radical (unpaired) electrons. The number of Topliss-reactive ketones (excluding diaryl/α,β-unsaturated/α-hetero) is 1. The summed E-state index contributed by atoms with van der Waals surface area (Å²) in [5.41, 5.74) is 4.42. The highest BCUT2D eigenvalue weighted by molar-refractivity contribution is 6.13. The number of carbonyl (C=O) groups is 1. The van der Waals surface area contributed by atoms with E-state index in [9.17, 15) is 9.90 Å². The molecule has 0 saturated carbocycles. The maximum absolute atomic E-state index is 12.6. The number of aryl methyl sites for hydroxylation is 1. The number of hydrogen-bond donors (Lipinski definition) is 1. The van der Waals surface area contributed by atoms with Crippen LogP contribution in [0.25, 0.3) is 6.08 Å². The Balaban J connectivity index is 1.67. The fourth-order valence-electron chi connectivity index (χ4n) is 3.11. The summed E-state index contributed by atoms with van der Waals surface area (Å²) in [6.07, 6.45) is 4.17. The summed E-state index contributed by atoms with van der Waals surface area (Å²) >= 11 is 0. The number of hydrogen-bond acceptors (Lipinski definition) is 4. The van der Waals surface area contributed by atoms with E-state index >= 15 is 0 Å². The molecule has 1 N–H and O–H groups in total. The maximum Gasteiger partial charge on any atom is 0.189 e. The van der Waals surface area contributed by atoms with E-state index in [-0.39, 0.29) is 11.5 Å². The van der Waals surface area contributed by atoms with Crippen molar-refractivity contribution < 1.29 is 19.7 Å². The van der Waals surface area contributed by atoms with Gasteiger partial charge in [0.05, 0.1) is 6.61 Å². The SMILES string of the molecule is O=C1C(=Cc2ccc3c(c2)OOCC3)CCc2cc(O)ccc21. The number of phenolic OH excluding ortho intramolecular Hbond substituents is 1. The van der Waals surface area contributed by atoms with Gasteiger partial charge >= 0.3 is 0 Å². The van der Waals surface area contributed by atoms with Crippen molar-refractivity contribution >= 4 is 11.9 Å². The third kappa shape index (κ3) is 2.62. The van der Waals surface area contributed by atoms with Crippen molar-refractivity contribution in [3.8, 4) is 11.5 Å². The normalized spacial score (nSPS) is 18.3. The van der Waals surface area contributed by atoms with Crippen LogP contribution < -0.4 is 4.89 Å². The summed E-state index contributed by atoms with van der Waals surface area (Å²) in [4.78, 5) is 22.8. The number of aromatic hydroxyl groups is 1. The third-order valence-electron chi connectivity index (χ3n) is 4.32. The molecule has 4 heteroatoms. The number of allylic oxidation sites excluding steroid dienone is 1. The molecule has 0 unspecified atom stereocenters. The number of carbonyl (C=O) groups excluding carboxylic acids is 1. The first kappa shape index (κ1) is 14.0. The Hall–Kier alpha value is -2.59. The highest BCUT2D eigenvalue weighted by atomic mass is 17.2. The topological polar surface area (TPSA) is 55.8 Å². The fourth-order valence-corrected chi connectivity index (χ4v) is 3.11. The van der Waals surface area contributed by atoms with E-state index in [0.29, 0.717) is 18.6 Å². The van der Waals surface area contributed by atoms with E-state index in [1.165, 1.54) is 0 Å². The number of rotatable bonds is 1. The van der Waals surface area contributed by atoms with Crippen LogP contribution in [-0.2, 0) is 17.7 Å². The highest BCUT2D eigenvalue weighted by Crippen LogP contribution is 2.30. The molecule has 0 spiro atoms. The van der Waals surface area contributed by atoms with Gasteiger partial charge in [-0.15, -0.1) is 0 Å². The molecule has 2 aromatic rings. The summed E-state index contributed by atoms with van der Waals surface area (Å²) in [5, 5.41) is 9.54. The zero-order valence-corrected chi connectivity index (χ0v) is 12.5. The Morgan fingerprint density at radius 1 is 1.00 bits per heavy atom. The van der Waals surface area contributed by atoms with Gasteiger partial charge in [-0.25, -0.2) is 0 Å². The Morgan fingerprint density at radius 3 is 2.83 bits per heavy atom. The molecule has 2 aliphatic rings. The summed E-state index contributed by atoms with van der Waals surface area (Å²) in [6, 6.07) is 10.9. The molecule has 4 nitrogen and oxygen atoms in total. The van der Waals surface area contributed by atoms with E-state index in [1.54, 1.807) is 18.2 Å². The van der Waals surface area contributed by atoms with E-state index in [2.05, 4.69) is 0 Å². The first-order valence-corrected chi connectivity index (χ1v) is 7.70. The van der Waals surface area contributed by atoms with E-state index in [1.807, 2.05) is 24.3 Å². The monoisotopic (exact) mass is 308 g/mol. The van der Waals surface area contributed by atoms with Crippen LogP contribution in [0.4, 0.5) is 0 Å². The van der Waals surface area contributed by atoms with Crippen molar-refractivity contribution in [1.82, 2.24) is 0 Å². The van der Waals surface area contributed by atoms with Crippen LogP contribution >= 0.6 is 0 Å². The highest BCUT2D eigenvalue weighted by Gasteiger charge is 2.22. The number of ketones is 1. The first-order valence-electron chi connectivity index (χ1n) is 7.70. The van der Waals surface area contributed by atoms with Gasteiger partial charge in [0.1, 0.15) is 5.75 Å². The van der Waals surface area contributed by atoms with Gasteiger partial charge in [-0.3, -0.25) is 4.79 Å². The molecule has 1 aliphatic carbocycles. The predicted molar refractivity (Wildman–Crippen MR) is 85.5 cm³/mol. The van der Waals surface area contributed by atoms with Crippen molar-refractivity contribution in [3.63, 3.8) is 0 Å². The summed E-state index contributed by atoms with van der Waals surface area (Å²) in [6.45, 7) is 0.565. The van der Waals surface area contributed by atoms with Gasteiger partial charge < -0.3 is 9.99 Å². The van der Waals surface area contributed by atoms with Crippen molar-refractivity contribution in [2.24, 2.45) is 0 Å². The minimum atomic E-state index is 0.0288. The molecule has 23 heavy (non-hydrogen) atoms. The largest absolute Gasteiger partial charge is 0.508 e. The van der Waals surface area contributed by atoms with Crippen LogP contribution in [0.15, 0.2) is 42.0 Å². The average molecular weight is 308 g/mol. The number of benzene rings is 2. The minimum Gasteiger partial charge on any atom is -0.508 e. The number of fused-ring (bicyclic) bond motifs is 2. The van der Waals surface area contributed by atoms with Crippen LogP contribution in [0.5, 0.6) is 11.5 Å². The van der Waals surface area contributed by atoms with E-state index < -0.39 is 0 Å². The molecular weight excluding hydrogens is 292 g/mol. The Morgan fingerprint density at radius 2 is 1.91 bits per heavy atom. The lowest BCUT2D eigenvalue weighted by molar-refractivity contribution is -0.215. The van der Waals surface area contributed by atoms with Crippen LogP contribution in [0.2, 0.25) is 0 Å². The van der Waals surface area contributed by atoms with Crippen molar-refractivity contribution in [3.05, 3.63) is 64.2 Å². The molecule has 1 aliphatic heterocycles. The Bertz CT molecular complexity index is 820. The maximum atomic E-state index is 12.6. The lowest BCUT2D eigenvalue weighted by atomic mass is 9.86. The average Bonchev–Trinajstić information content (AvgIpc) is 2.57. The molecule has 0 fully saturated rings. The van der Waals surface area contributed by atoms with E-state index in [0.717, 1.165) is 40.9 Å². The van der Waals surface area contributed by atoms with Gasteiger partial charge in [-0.2, -0.15) is 4.89 Å². The Labute approximate surface area is 133 Å². The molecule has 0 atom stereocenters. The molecule has 0 bridgehead atoms. The van der Waals surface area contributed by atoms with Crippen molar-refractivity contribution in [2.45, 2.75) is 19.3 Å². The molecule has 116 valence electrons. The summed E-state index contributed by atoms with van der Waals surface area (Å²) in [5.74, 6) is 0.955. The van der Waals surface area contributed by atoms with Crippen LogP contribution in [0.1, 0.15) is 33.5 Å². The van der Waals surface area contributed by atoms with E-state index in [4.69, 9.17) is 9.78 Å². The second-order valence-corrected chi connectivity index (χ2v) is 5.86. The molecule has 0 aromatic heterocycles. The molecule has 4 rings (SSSR count). The van der Waals surface area contributed by atoms with Crippen LogP contribution in [0, 0.1) is 0 Å². The van der Waals surface area contributed by atoms with Gasteiger partial charge in [-0.05, 0) is 54.3 Å². The molecule has 0 amide bonds. The van der Waals surface area contributed by atoms with Crippen LogP contribution in [-0.4, -0.2) is 17.5 Å². The number of phenols is 1. The lowest BCUT2D eigenvalue weighted by Crippen LogP contribution is -2.14. The molecule has 2 aromatic carbocycles. The minimum absolute atomic E-state index is 0.0288. The zero-order valence-electron chi connectivity index (χ0n) is 12.5. The van der Waals surface area contributed by atoms with Crippen molar-refractivity contribution in [1.29, 1.82) is 0 Å². The van der Waals surface area contributed by atoms with Gasteiger partial charge in [0.15, 0.2) is 11.5 Å². The fraction of sp³-hybridized carbons (Fsp3) is 0.211. The second kappa shape index (κ2) is 5.56. The summed E-state index contributed by atoms with van der Waals surface area (Å²) < 4.78 is 0. The van der Waals surface area contributed by atoms with Gasteiger partial charge in [0.25, 0.3) is 0 Å². The van der Waals surface area contributed by atoms with Gasteiger partial charge in [0, 0.05) is 23.1 Å². The van der Waals surface area contributed by atoms with Gasteiger partial charge in [0.2, 0.25) is 0 Å². The Kier molecular flexibility index (Phi) is 3.39. The standard InChI is InChI=1S/C19H16O4/c20-16-5-6-17-14(11-16)3-4-15(19(17)21)9-12-1-2-13-7-8-22-23-18(13)10-12/h1-2,5-6,9-11,20H,3-4,7-8H2. The zero-order chi connectivity index (χ0) is 15.8. The summed E-state index contributed by atoms with van der Waals surface area (Å²) in [7, 11) is 0.